The van der Waals surface area contributed by atoms with Gasteiger partial charge in [0.25, 0.3) is 0 Å². The summed E-state index contributed by atoms with van der Waals surface area (Å²) in [6.07, 6.45) is 0. The molecule has 0 radical (unpaired) electrons. The molecule has 1 heterocycles. The molecule has 0 bridgehead atoms. The lowest BCUT2D eigenvalue weighted by Crippen LogP contribution is -2.32. The van der Waals surface area contributed by atoms with Crippen LogP contribution in [0.4, 0.5) is 16.2 Å². The quantitative estimate of drug-likeness (QED) is 0.688. The van der Waals surface area contributed by atoms with Gasteiger partial charge in [0.05, 0.1) is 28.5 Å². The number of hydrogen-bond acceptors (Lipinski definition) is 3. The second kappa shape index (κ2) is 6.62. The first-order chi connectivity index (χ1) is 11.5. The smallest absolute Gasteiger partial charge is 0.319 e. The zero-order valence-corrected chi connectivity index (χ0v) is 14.0. The van der Waals surface area contributed by atoms with Gasteiger partial charge in [-0.05, 0) is 31.2 Å². The van der Waals surface area contributed by atoms with Crippen molar-refractivity contribution in [2.75, 3.05) is 24.3 Å². The molecule has 1 atom stereocenters. The zero-order valence-electron chi connectivity index (χ0n) is 14.0. The fourth-order valence-corrected chi connectivity index (χ4v) is 2.57. The SMILES string of the molecule is CC(NC(=O)Nc1ccccc1N(C)C)c1nc2ccccc2[nH]1. The van der Waals surface area contributed by atoms with Crippen molar-refractivity contribution in [3.63, 3.8) is 0 Å². The number of nitrogens with zero attached hydrogens (tertiary/aromatic N) is 2. The molecule has 0 aliphatic heterocycles. The number of rotatable bonds is 4. The van der Waals surface area contributed by atoms with Gasteiger partial charge in [-0.25, -0.2) is 9.78 Å². The zero-order chi connectivity index (χ0) is 17.1. The summed E-state index contributed by atoms with van der Waals surface area (Å²) in [5, 5.41) is 5.80. The molecular formula is C18H21N5O. The summed E-state index contributed by atoms with van der Waals surface area (Å²) in [5.74, 6) is 0.729. The maximum absolute atomic E-state index is 12.3. The number of nitrogens with one attached hydrogen (secondary N) is 3. The third-order valence-corrected chi connectivity index (χ3v) is 3.80. The Kier molecular flexibility index (Phi) is 4.37. The van der Waals surface area contributed by atoms with Crippen molar-refractivity contribution >= 4 is 28.4 Å². The van der Waals surface area contributed by atoms with Crippen LogP contribution in [0, 0.1) is 0 Å². The Balaban J connectivity index is 1.70. The van der Waals surface area contributed by atoms with E-state index < -0.39 is 0 Å². The minimum atomic E-state index is -0.266. The molecule has 0 fully saturated rings. The van der Waals surface area contributed by atoms with Gasteiger partial charge in [-0.15, -0.1) is 0 Å². The average molecular weight is 323 g/mol. The minimum absolute atomic E-state index is 0.232. The van der Waals surface area contributed by atoms with E-state index in [-0.39, 0.29) is 12.1 Å². The first-order valence-corrected chi connectivity index (χ1v) is 7.83. The minimum Gasteiger partial charge on any atom is -0.376 e. The van der Waals surface area contributed by atoms with Gasteiger partial charge in [-0.3, -0.25) is 0 Å². The topological polar surface area (TPSA) is 73.1 Å². The van der Waals surface area contributed by atoms with E-state index in [2.05, 4.69) is 20.6 Å². The molecule has 0 saturated heterocycles. The molecule has 0 aliphatic carbocycles. The number of hydrogen-bond donors (Lipinski definition) is 3. The van der Waals surface area contributed by atoms with Crippen LogP contribution in [-0.4, -0.2) is 30.1 Å². The van der Waals surface area contributed by atoms with Crippen LogP contribution < -0.4 is 15.5 Å². The second-order valence-electron chi connectivity index (χ2n) is 5.87. The van der Waals surface area contributed by atoms with Crippen LogP contribution in [0.5, 0.6) is 0 Å². The summed E-state index contributed by atoms with van der Waals surface area (Å²) in [6, 6.07) is 15.0. The molecule has 1 unspecified atom stereocenters. The maximum Gasteiger partial charge on any atom is 0.319 e. The molecule has 2 amide bonds. The van der Waals surface area contributed by atoms with Gasteiger partial charge in [0, 0.05) is 14.1 Å². The Morgan fingerprint density at radius 3 is 2.58 bits per heavy atom. The Labute approximate surface area is 140 Å². The summed E-state index contributed by atoms with van der Waals surface area (Å²) in [7, 11) is 3.88. The molecule has 0 spiro atoms. The number of para-hydroxylation sites is 4. The van der Waals surface area contributed by atoms with E-state index in [0.29, 0.717) is 0 Å². The molecule has 1 aromatic heterocycles. The summed E-state index contributed by atoms with van der Waals surface area (Å²) in [5.41, 5.74) is 3.56. The molecule has 6 nitrogen and oxygen atoms in total. The first kappa shape index (κ1) is 15.9. The van der Waals surface area contributed by atoms with Gasteiger partial charge in [-0.2, -0.15) is 0 Å². The molecule has 0 aliphatic rings. The molecule has 3 rings (SSSR count). The van der Waals surface area contributed by atoms with Crippen molar-refractivity contribution < 1.29 is 4.79 Å². The predicted molar refractivity (Wildman–Crippen MR) is 97.4 cm³/mol. The van der Waals surface area contributed by atoms with Crippen molar-refractivity contribution in [2.45, 2.75) is 13.0 Å². The van der Waals surface area contributed by atoms with E-state index in [0.717, 1.165) is 28.2 Å². The van der Waals surface area contributed by atoms with E-state index in [1.54, 1.807) is 0 Å². The van der Waals surface area contributed by atoms with Crippen molar-refractivity contribution in [2.24, 2.45) is 0 Å². The first-order valence-electron chi connectivity index (χ1n) is 7.83. The number of carbonyl (C=O) groups is 1. The van der Waals surface area contributed by atoms with Gasteiger partial charge in [0.1, 0.15) is 5.82 Å². The van der Waals surface area contributed by atoms with Gasteiger partial charge in [-0.1, -0.05) is 24.3 Å². The average Bonchev–Trinajstić information content (AvgIpc) is 2.99. The molecule has 2 aromatic carbocycles. The molecule has 0 saturated carbocycles. The summed E-state index contributed by atoms with van der Waals surface area (Å²) in [4.78, 5) is 22.0. The lowest BCUT2D eigenvalue weighted by Gasteiger charge is -2.19. The third kappa shape index (κ3) is 3.32. The van der Waals surface area contributed by atoms with Crippen LogP contribution in [-0.2, 0) is 0 Å². The van der Waals surface area contributed by atoms with Crippen LogP contribution >= 0.6 is 0 Å². The van der Waals surface area contributed by atoms with Crippen molar-refractivity contribution in [1.29, 1.82) is 0 Å². The monoisotopic (exact) mass is 323 g/mol. The lowest BCUT2D eigenvalue weighted by atomic mass is 10.2. The van der Waals surface area contributed by atoms with Gasteiger partial charge in [0.2, 0.25) is 0 Å². The Hall–Kier alpha value is -3.02. The summed E-state index contributed by atoms with van der Waals surface area (Å²) < 4.78 is 0. The summed E-state index contributed by atoms with van der Waals surface area (Å²) >= 11 is 0. The largest absolute Gasteiger partial charge is 0.376 e. The number of imidazole rings is 1. The second-order valence-corrected chi connectivity index (χ2v) is 5.87. The predicted octanol–water partition coefficient (Wildman–Crippen LogP) is 3.51. The van der Waals surface area contributed by atoms with E-state index >= 15 is 0 Å². The highest BCUT2D eigenvalue weighted by molar-refractivity contribution is 5.93. The third-order valence-electron chi connectivity index (χ3n) is 3.80. The van der Waals surface area contributed by atoms with Gasteiger partial charge >= 0.3 is 6.03 Å². The number of aromatic amines is 1. The molecule has 3 aromatic rings. The van der Waals surface area contributed by atoms with Crippen molar-refractivity contribution in [1.82, 2.24) is 15.3 Å². The number of H-pyrrole nitrogens is 1. The standard InChI is InChI=1S/C18H21N5O/c1-12(17-20-13-8-4-5-9-14(13)21-17)19-18(24)22-15-10-6-7-11-16(15)23(2)3/h4-12H,1-3H3,(H,20,21)(H2,19,22,24). The van der Waals surface area contributed by atoms with Crippen LogP contribution in [0.25, 0.3) is 11.0 Å². The van der Waals surface area contributed by atoms with Crippen molar-refractivity contribution in [3.05, 3.63) is 54.4 Å². The number of benzene rings is 2. The van der Waals surface area contributed by atoms with E-state index in [1.165, 1.54) is 0 Å². The van der Waals surface area contributed by atoms with Crippen LogP contribution in [0.2, 0.25) is 0 Å². The maximum atomic E-state index is 12.3. The van der Waals surface area contributed by atoms with Gasteiger partial charge in [0.15, 0.2) is 0 Å². The highest BCUT2D eigenvalue weighted by Crippen LogP contribution is 2.23. The Bertz CT molecular complexity index is 822. The lowest BCUT2D eigenvalue weighted by molar-refractivity contribution is 0.249. The molecule has 6 heteroatoms. The Morgan fingerprint density at radius 1 is 1.12 bits per heavy atom. The highest BCUT2D eigenvalue weighted by atomic mass is 16.2. The molecule has 3 N–H and O–H groups in total. The van der Waals surface area contributed by atoms with Crippen molar-refractivity contribution in [3.8, 4) is 0 Å². The number of aromatic nitrogens is 2. The number of anilines is 2. The number of amides is 2. The number of carbonyl (C=O) groups excluding carboxylic acids is 1. The number of fused-ring (bicyclic) bond motifs is 1. The normalized spacial score (nSPS) is 12.0. The Morgan fingerprint density at radius 2 is 1.83 bits per heavy atom. The summed E-state index contributed by atoms with van der Waals surface area (Å²) in [6.45, 7) is 1.90. The molecule has 24 heavy (non-hydrogen) atoms. The molecule has 124 valence electrons. The molecular weight excluding hydrogens is 302 g/mol. The fraction of sp³-hybridized carbons (Fsp3) is 0.222. The van der Waals surface area contributed by atoms with E-state index in [4.69, 9.17) is 0 Å². The fourth-order valence-electron chi connectivity index (χ4n) is 2.57. The van der Waals surface area contributed by atoms with E-state index in [9.17, 15) is 4.79 Å². The van der Waals surface area contributed by atoms with Crippen LogP contribution in [0.15, 0.2) is 48.5 Å². The van der Waals surface area contributed by atoms with Gasteiger partial charge < -0.3 is 20.5 Å². The number of urea groups is 1. The van der Waals surface area contributed by atoms with E-state index in [1.807, 2.05) is 74.4 Å². The van der Waals surface area contributed by atoms with Crippen LogP contribution in [0.3, 0.4) is 0 Å². The highest BCUT2D eigenvalue weighted by Gasteiger charge is 2.14. The van der Waals surface area contributed by atoms with Crippen LogP contribution in [0.1, 0.15) is 18.8 Å².